The minimum atomic E-state index is -0.0652. The average Bonchev–Trinajstić information content (AvgIpc) is 2.60. The Morgan fingerprint density at radius 1 is 0.833 bits per heavy atom. The monoisotopic (exact) mass is 322 g/mol. The Bertz CT molecular complexity index is 698. The Balaban J connectivity index is 1.68. The molecule has 3 nitrogen and oxygen atoms in total. The number of rotatable bonds is 3. The molecule has 0 unspecified atom stereocenters. The average molecular weight is 322 g/mol. The van der Waals surface area contributed by atoms with E-state index in [1.807, 2.05) is 18.2 Å². The minimum absolute atomic E-state index is 0.0652. The maximum Gasteiger partial charge on any atom is 0.162 e. The van der Waals surface area contributed by atoms with Gasteiger partial charge in [-0.1, -0.05) is 30.3 Å². The van der Waals surface area contributed by atoms with E-state index in [0.29, 0.717) is 12.8 Å². The molecule has 1 heterocycles. The predicted octanol–water partition coefficient (Wildman–Crippen LogP) is 4.28. The number of hydrogen-bond acceptors (Lipinski definition) is 3. The van der Waals surface area contributed by atoms with E-state index >= 15 is 0 Å². The second-order valence-corrected chi connectivity index (χ2v) is 6.91. The molecule has 0 atom stereocenters. The molecule has 0 amide bonds. The third-order valence-corrected chi connectivity index (χ3v) is 5.32. The molecule has 3 aliphatic rings. The number of carbonyl (C=O) groups is 2. The van der Waals surface area contributed by atoms with Crippen LogP contribution in [0, 0.1) is 5.92 Å². The van der Waals surface area contributed by atoms with E-state index in [9.17, 15) is 9.59 Å². The fourth-order valence-corrected chi connectivity index (χ4v) is 4.20. The molecule has 4 rings (SSSR count). The highest BCUT2D eigenvalue weighted by atomic mass is 16.5. The summed E-state index contributed by atoms with van der Waals surface area (Å²) in [6.45, 7) is 0. The van der Waals surface area contributed by atoms with Gasteiger partial charge in [-0.3, -0.25) is 9.59 Å². The van der Waals surface area contributed by atoms with Crippen molar-refractivity contribution in [2.24, 2.45) is 5.92 Å². The first kappa shape index (κ1) is 15.4. The molecule has 1 aromatic rings. The van der Waals surface area contributed by atoms with Crippen molar-refractivity contribution in [1.82, 2.24) is 0 Å². The third-order valence-electron chi connectivity index (χ3n) is 5.32. The summed E-state index contributed by atoms with van der Waals surface area (Å²) >= 11 is 0. The summed E-state index contributed by atoms with van der Waals surface area (Å²) < 4.78 is 6.03. The Kier molecular flexibility index (Phi) is 4.09. The number of carbonyl (C=O) groups excluding carboxylic acids is 2. The summed E-state index contributed by atoms with van der Waals surface area (Å²) in [5, 5.41) is 0. The van der Waals surface area contributed by atoms with Crippen LogP contribution in [0.2, 0.25) is 0 Å². The molecular formula is C21H22O3. The van der Waals surface area contributed by atoms with Crippen molar-refractivity contribution < 1.29 is 14.3 Å². The molecule has 0 saturated heterocycles. The van der Waals surface area contributed by atoms with E-state index < -0.39 is 0 Å². The van der Waals surface area contributed by atoms with Gasteiger partial charge >= 0.3 is 0 Å². The van der Waals surface area contributed by atoms with Crippen molar-refractivity contribution in [3.63, 3.8) is 0 Å². The molecule has 0 bridgehead atoms. The van der Waals surface area contributed by atoms with Gasteiger partial charge in [0.15, 0.2) is 11.6 Å². The Morgan fingerprint density at radius 3 is 2.00 bits per heavy atom. The molecule has 0 fully saturated rings. The second kappa shape index (κ2) is 6.39. The quantitative estimate of drug-likeness (QED) is 0.834. The Morgan fingerprint density at radius 2 is 1.42 bits per heavy atom. The topological polar surface area (TPSA) is 43.4 Å². The van der Waals surface area contributed by atoms with Crippen LogP contribution in [-0.4, -0.2) is 11.6 Å². The fourth-order valence-electron chi connectivity index (χ4n) is 4.20. The summed E-state index contributed by atoms with van der Waals surface area (Å²) in [7, 11) is 0. The molecule has 0 N–H and O–H groups in total. The maximum atomic E-state index is 12.6. The number of ether oxygens (including phenoxy) is 1. The first-order valence-electron chi connectivity index (χ1n) is 8.98. The van der Waals surface area contributed by atoms with Gasteiger partial charge in [-0.25, -0.2) is 0 Å². The van der Waals surface area contributed by atoms with Gasteiger partial charge in [0.25, 0.3) is 0 Å². The smallest absolute Gasteiger partial charge is 0.162 e. The highest BCUT2D eigenvalue weighted by Crippen LogP contribution is 2.44. The number of benzene rings is 1. The molecule has 1 aromatic carbocycles. The Hall–Kier alpha value is -2.16. The summed E-state index contributed by atoms with van der Waals surface area (Å²) in [5.41, 5.74) is 2.84. The van der Waals surface area contributed by atoms with E-state index in [1.165, 1.54) is 5.56 Å². The SMILES string of the molecule is O=C1CCCC2=C1C(CCc1ccccc1)C1=C(CCCC1=O)O2. The predicted molar refractivity (Wildman–Crippen MR) is 91.1 cm³/mol. The van der Waals surface area contributed by atoms with Gasteiger partial charge in [0.05, 0.1) is 0 Å². The lowest BCUT2D eigenvalue weighted by Crippen LogP contribution is -2.31. The van der Waals surface area contributed by atoms with Crippen LogP contribution in [0.15, 0.2) is 53.0 Å². The summed E-state index contributed by atoms with van der Waals surface area (Å²) in [6.07, 6.45) is 6.23. The summed E-state index contributed by atoms with van der Waals surface area (Å²) in [4.78, 5) is 25.1. The largest absolute Gasteiger partial charge is 0.465 e. The summed E-state index contributed by atoms with van der Waals surface area (Å²) in [5.74, 6) is 1.98. The van der Waals surface area contributed by atoms with Crippen LogP contribution < -0.4 is 0 Å². The van der Waals surface area contributed by atoms with E-state index in [1.54, 1.807) is 0 Å². The fraction of sp³-hybridized carbons (Fsp3) is 0.429. The van der Waals surface area contributed by atoms with Crippen molar-refractivity contribution in [2.45, 2.75) is 51.4 Å². The van der Waals surface area contributed by atoms with E-state index in [4.69, 9.17) is 4.74 Å². The van der Waals surface area contributed by atoms with Crippen LogP contribution in [0.3, 0.4) is 0 Å². The lowest BCUT2D eigenvalue weighted by molar-refractivity contribution is -0.118. The maximum absolute atomic E-state index is 12.6. The van der Waals surface area contributed by atoms with Crippen LogP contribution in [0.1, 0.15) is 50.5 Å². The molecule has 2 aliphatic carbocycles. The van der Waals surface area contributed by atoms with E-state index in [-0.39, 0.29) is 17.5 Å². The molecule has 0 saturated carbocycles. The highest BCUT2D eigenvalue weighted by Gasteiger charge is 2.40. The van der Waals surface area contributed by atoms with Crippen molar-refractivity contribution >= 4 is 11.6 Å². The van der Waals surface area contributed by atoms with E-state index in [2.05, 4.69) is 12.1 Å². The van der Waals surface area contributed by atoms with Gasteiger partial charge in [-0.15, -0.1) is 0 Å². The second-order valence-electron chi connectivity index (χ2n) is 6.91. The minimum Gasteiger partial charge on any atom is -0.465 e. The number of allylic oxidation sites excluding steroid dienone is 4. The first-order valence-corrected chi connectivity index (χ1v) is 8.98. The molecule has 24 heavy (non-hydrogen) atoms. The van der Waals surface area contributed by atoms with Crippen LogP contribution in [0.25, 0.3) is 0 Å². The molecule has 124 valence electrons. The van der Waals surface area contributed by atoms with Crippen molar-refractivity contribution in [3.8, 4) is 0 Å². The lowest BCUT2D eigenvalue weighted by Gasteiger charge is -2.35. The van der Waals surface area contributed by atoms with Crippen molar-refractivity contribution in [2.75, 3.05) is 0 Å². The zero-order valence-electron chi connectivity index (χ0n) is 13.8. The molecule has 0 radical (unpaired) electrons. The number of hydrogen-bond donors (Lipinski definition) is 0. The molecular weight excluding hydrogens is 300 g/mol. The van der Waals surface area contributed by atoms with Gasteiger partial charge in [0.1, 0.15) is 11.5 Å². The lowest BCUT2D eigenvalue weighted by atomic mass is 9.74. The van der Waals surface area contributed by atoms with Crippen molar-refractivity contribution in [1.29, 1.82) is 0 Å². The molecule has 1 aliphatic heterocycles. The molecule has 0 aromatic heterocycles. The van der Waals surface area contributed by atoms with E-state index in [0.717, 1.165) is 61.2 Å². The zero-order chi connectivity index (χ0) is 16.5. The van der Waals surface area contributed by atoms with Crippen molar-refractivity contribution in [3.05, 3.63) is 58.6 Å². The first-order chi connectivity index (χ1) is 11.7. The standard InChI is InChI=1S/C21H22O3/c22-16-8-4-10-18-20(16)15(13-12-14-6-2-1-3-7-14)21-17(23)9-5-11-19(21)24-18/h1-3,6-7,15H,4-5,8-13H2. The van der Waals surface area contributed by atoms with Crippen LogP contribution >= 0.6 is 0 Å². The number of ketones is 2. The van der Waals surface area contributed by atoms with Gasteiger partial charge < -0.3 is 4.74 Å². The van der Waals surface area contributed by atoms with Crippen LogP contribution in [0.4, 0.5) is 0 Å². The van der Waals surface area contributed by atoms with Gasteiger partial charge in [0, 0.05) is 42.7 Å². The van der Waals surface area contributed by atoms with Gasteiger partial charge in [-0.2, -0.15) is 0 Å². The van der Waals surface area contributed by atoms with Crippen LogP contribution in [-0.2, 0) is 20.7 Å². The highest BCUT2D eigenvalue weighted by molar-refractivity contribution is 6.04. The third kappa shape index (κ3) is 2.72. The summed E-state index contributed by atoms with van der Waals surface area (Å²) in [6, 6.07) is 10.3. The Labute approximate surface area is 142 Å². The normalized spacial score (nSPS) is 21.5. The molecule has 0 spiro atoms. The van der Waals surface area contributed by atoms with Crippen LogP contribution in [0.5, 0.6) is 0 Å². The zero-order valence-corrected chi connectivity index (χ0v) is 13.8. The number of Topliss-reactive ketones (excluding diaryl/α,β-unsaturated/α-hetero) is 2. The number of aryl methyl sites for hydroxylation is 1. The van der Waals surface area contributed by atoms with Gasteiger partial charge in [0.2, 0.25) is 0 Å². The molecule has 3 heteroatoms. The van der Waals surface area contributed by atoms with Gasteiger partial charge in [-0.05, 0) is 31.2 Å².